The molecular weight excluding hydrogens is 468 g/mol. The number of piperidine rings is 1. The van der Waals surface area contributed by atoms with Crippen LogP contribution < -0.4 is 20.3 Å². The predicted molar refractivity (Wildman–Crippen MR) is 136 cm³/mol. The molecule has 1 saturated heterocycles. The Balaban J connectivity index is 1.60. The molecule has 9 nitrogen and oxygen atoms in total. The van der Waals surface area contributed by atoms with Crippen LogP contribution in [0.5, 0.6) is 11.5 Å². The molecule has 2 atom stereocenters. The summed E-state index contributed by atoms with van der Waals surface area (Å²) in [6, 6.07) is 5.10. The van der Waals surface area contributed by atoms with Crippen molar-refractivity contribution in [1.29, 1.82) is 0 Å². The molecule has 0 aliphatic carbocycles. The number of anilines is 1. The summed E-state index contributed by atoms with van der Waals surface area (Å²) in [5.41, 5.74) is 0.659. The lowest BCUT2D eigenvalue weighted by molar-refractivity contribution is -0.134. The van der Waals surface area contributed by atoms with E-state index in [1.807, 2.05) is 4.90 Å². The fourth-order valence-corrected chi connectivity index (χ4v) is 5.73. The van der Waals surface area contributed by atoms with Gasteiger partial charge in [-0.2, -0.15) is 0 Å². The number of benzene rings is 1. The van der Waals surface area contributed by atoms with Crippen molar-refractivity contribution in [1.82, 2.24) is 14.5 Å². The molecular formula is C25H30N4O5S. The van der Waals surface area contributed by atoms with Gasteiger partial charge in [0, 0.05) is 19.2 Å². The van der Waals surface area contributed by atoms with Gasteiger partial charge >= 0.3 is 0 Å². The summed E-state index contributed by atoms with van der Waals surface area (Å²) >= 11 is 1.14. The number of nitrogens with zero attached hydrogens (tertiary/aromatic N) is 3. The third-order valence-electron chi connectivity index (χ3n) is 6.31. The van der Waals surface area contributed by atoms with E-state index >= 15 is 0 Å². The Kier molecular flexibility index (Phi) is 7.11. The fraction of sp³-hybridized carbons (Fsp3) is 0.440. The Morgan fingerprint density at radius 2 is 1.89 bits per heavy atom. The molecule has 0 unspecified atom stereocenters. The molecule has 0 saturated carbocycles. The normalized spacial score (nSPS) is 17.9. The lowest BCUT2D eigenvalue weighted by Crippen LogP contribution is -2.44. The molecule has 0 radical (unpaired) electrons. The molecule has 3 heterocycles. The fourth-order valence-electron chi connectivity index (χ4n) is 4.69. The van der Waals surface area contributed by atoms with Gasteiger partial charge < -0.3 is 19.7 Å². The van der Waals surface area contributed by atoms with Crippen LogP contribution in [-0.2, 0) is 11.3 Å². The molecule has 1 aliphatic heterocycles. The molecule has 0 bridgehead atoms. The van der Waals surface area contributed by atoms with E-state index in [4.69, 9.17) is 9.47 Å². The number of nitrogens with one attached hydrogen (secondary N) is 1. The Hall–Kier alpha value is -3.40. The largest absolute Gasteiger partial charge is 0.497 e. The number of likely N-dealkylation sites (tertiary alicyclic amines) is 1. The molecule has 2 aromatic heterocycles. The topological polar surface area (TPSA) is 103 Å². The number of methoxy groups -OCH3 is 2. The number of rotatable bonds is 6. The molecule has 3 aromatic rings. The van der Waals surface area contributed by atoms with Crippen LogP contribution in [0.15, 0.2) is 29.3 Å². The number of carbonyl (C=O) groups is 2. The molecule has 0 spiro atoms. The molecule has 186 valence electrons. The zero-order valence-electron chi connectivity index (χ0n) is 20.6. The monoisotopic (exact) mass is 498 g/mol. The van der Waals surface area contributed by atoms with Crippen LogP contribution in [0.4, 0.5) is 5.69 Å². The molecule has 1 fully saturated rings. The minimum Gasteiger partial charge on any atom is -0.497 e. The summed E-state index contributed by atoms with van der Waals surface area (Å²) in [7, 11) is 3.05. The maximum atomic E-state index is 13.3. The summed E-state index contributed by atoms with van der Waals surface area (Å²) in [6.07, 6.45) is 2.49. The van der Waals surface area contributed by atoms with Gasteiger partial charge in [0.2, 0.25) is 5.91 Å². The average molecular weight is 499 g/mol. The molecule has 2 amide bonds. The SMILES string of the molecule is COc1ccc(OC)c(NC(=O)c2sc3ncn(CC(=O)N4C[C@@H](C)C[C@H](C)C4)c(=O)c3c2C)c1. The van der Waals surface area contributed by atoms with Gasteiger partial charge in [0.05, 0.1) is 36.5 Å². The van der Waals surface area contributed by atoms with Gasteiger partial charge in [-0.05, 0) is 42.9 Å². The molecule has 35 heavy (non-hydrogen) atoms. The Morgan fingerprint density at radius 3 is 2.54 bits per heavy atom. The first-order chi connectivity index (χ1) is 16.7. The van der Waals surface area contributed by atoms with Crippen molar-refractivity contribution < 1.29 is 19.1 Å². The second kappa shape index (κ2) is 10.1. The number of hydrogen-bond acceptors (Lipinski definition) is 7. The van der Waals surface area contributed by atoms with Crippen LogP contribution in [-0.4, -0.2) is 53.6 Å². The predicted octanol–water partition coefficient (Wildman–Crippen LogP) is 3.54. The van der Waals surface area contributed by atoms with E-state index in [1.54, 1.807) is 25.1 Å². The van der Waals surface area contributed by atoms with Gasteiger partial charge in [0.1, 0.15) is 22.9 Å². The van der Waals surface area contributed by atoms with Crippen LogP contribution >= 0.6 is 11.3 Å². The van der Waals surface area contributed by atoms with Crippen molar-refractivity contribution in [3.63, 3.8) is 0 Å². The van der Waals surface area contributed by atoms with Gasteiger partial charge in [0.25, 0.3) is 11.5 Å². The van der Waals surface area contributed by atoms with E-state index in [0.717, 1.165) is 17.8 Å². The molecule has 1 N–H and O–H groups in total. The molecule has 1 aliphatic rings. The van der Waals surface area contributed by atoms with Crippen LogP contribution in [0.25, 0.3) is 10.2 Å². The summed E-state index contributed by atoms with van der Waals surface area (Å²) in [5.74, 6) is 1.45. The standard InChI is InChI=1S/C25H30N4O5S/c1-14-8-15(2)11-28(10-14)20(30)12-29-13-26-24-21(25(29)32)16(3)22(35-24)23(31)27-18-9-17(33-4)6-7-19(18)34-5/h6-7,9,13-15H,8,10-12H2,1-5H3,(H,27,31)/t14-,15-/m0/s1. The maximum Gasteiger partial charge on any atom is 0.266 e. The highest BCUT2D eigenvalue weighted by Gasteiger charge is 2.26. The highest BCUT2D eigenvalue weighted by molar-refractivity contribution is 7.20. The first kappa shape index (κ1) is 24.7. The first-order valence-corrected chi connectivity index (χ1v) is 12.3. The second-order valence-electron chi connectivity index (χ2n) is 9.18. The van der Waals surface area contributed by atoms with E-state index in [0.29, 0.717) is 62.8 Å². The summed E-state index contributed by atoms with van der Waals surface area (Å²) in [6.45, 7) is 7.32. The van der Waals surface area contributed by atoms with E-state index in [1.165, 1.54) is 25.1 Å². The van der Waals surface area contributed by atoms with Crippen LogP contribution in [0.3, 0.4) is 0 Å². The lowest BCUT2D eigenvalue weighted by atomic mass is 9.92. The van der Waals surface area contributed by atoms with E-state index < -0.39 is 0 Å². The van der Waals surface area contributed by atoms with Crippen LogP contribution in [0.1, 0.15) is 35.5 Å². The summed E-state index contributed by atoms with van der Waals surface area (Å²) < 4.78 is 11.9. The summed E-state index contributed by atoms with van der Waals surface area (Å²) in [4.78, 5) is 46.3. The highest BCUT2D eigenvalue weighted by Crippen LogP contribution is 2.32. The maximum absolute atomic E-state index is 13.3. The second-order valence-corrected chi connectivity index (χ2v) is 10.2. The van der Waals surface area contributed by atoms with Crippen molar-refractivity contribution in [2.45, 2.75) is 33.7 Å². The number of thiophene rings is 1. The van der Waals surface area contributed by atoms with Crippen molar-refractivity contribution >= 4 is 39.1 Å². The van der Waals surface area contributed by atoms with Crippen LogP contribution in [0.2, 0.25) is 0 Å². The Morgan fingerprint density at radius 1 is 1.17 bits per heavy atom. The Bertz CT molecular complexity index is 1320. The average Bonchev–Trinajstić information content (AvgIpc) is 3.17. The smallest absolute Gasteiger partial charge is 0.266 e. The third-order valence-corrected chi connectivity index (χ3v) is 7.50. The molecule has 10 heteroatoms. The minimum atomic E-state index is -0.379. The number of aryl methyl sites for hydroxylation is 1. The van der Waals surface area contributed by atoms with Gasteiger partial charge in [-0.1, -0.05) is 13.8 Å². The minimum absolute atomic E-state index is 0.0704. The number of carbonyl (C=O) groups excluding carboxylic acids is 2. The zero-order valence-corrected chi connectivity index (χ0v) is 21.4. The number of aromatic nitrogens is 2. The molecule has 1 aromatic carbocycles. The number of fused-ring (bicyclic) bond motifs is 1. The number of hydrogen-bond donors (Lipinski definition) is 1. The van der Waals surface area contributed by atoms with Crippen molar-refractivity contribution in [2.75, 3.05) is 32.6 Å². The van der Waals surface area contributed by atoms with Crippen molar-refractivity contribution in [3.8, 4) is 11.5 Å². The van der Waals surface area contributed by atoms with Gasteiger partial charge in [0.15, 0.2) is 0 Å². The van der Waals surface area contributed by atoms with E-state index in [9.17, 15) is 14.4 Å². The number of ether oxygens (including phenoxy) is 2. The lowest BCUT2D eigenvalue weighted by Gasteiger charge is -2.35. The van der Waals surface area contributed by atoms with E-state index in [-0.39, 0.29) is 23.9 Å². The quantitative estimate of drug-likeness (QED) is 0.558. The number of amides is 2. The zero-order chi connectivity index (χ0) is 25.3. The molecule has 4 rings (SSSR count). The third kappa shape index (κ3) is 5.02. The van der Waals surface area contributed by atoms with Crippen molar-refractivity contribution in [3.05, 3.63) is 45.3 Å². The van der Waals surface area contributed by atoms with Crippen molar-refractivity contribution in [2.24, 2.45) is 11.8 Å². The van der Waals surface area contributed by atoms with Gasteiger partial charge in [-0.25, -0.2) is 4.98 Å². The van der Waals surface area contributed by atoms with Gasteiger partial charge in [-0.15, -0.1) is 11.3 Å². The van der Waals surface area contributed by atoms with Gasteiger partial charge in [-0.3, -0.25) is 19.0 Å². The first-order valence-electron chi connectivity index (χ1n) is 11.5. The highest BCUT2D eigenvalue weighted by atomic mass is 32.1. The summed E-state index contributed by atoms with van der Waals surface area (Å²) in [5, 5.41) is 3.20. The van der Waals surface area contributed by atoms with E-state index in [2.05, 4.69) is 24.1 Å². The Labute approximate surface area is 207 Å². The van der Waals surface area contributed by atoms with Crippen LogP contribution in [0, 0.1) is 18.8 Å².